The maximum atomic E-state index is 6.18. The molecule has 4 aliphatic rings. The van der Waals surface area contributed by atoms with Gasteiger partial charge in [0, 0.05) is 10.5 Å². The molecule has 2 heterocycles. The van der Waals surface area contributed by atoms with Crippen LogP contribution in [0, 0.1) is 23.7 Å². The molecular weight excluding hydrogens is 473 g/mol. The molecule has 2 N–H and O–H groups in total. The first kappa shape index (κ1) is 27.7. The number of hydrogen-bond acceptors (Lipinski definition) is 5. The predicted octanol–water partition coefficient (Wildman–Crippen LogP) is 8.20. The van der Waals surface area contributed by atoms with E-state index in [4.69, 9.17) is 12.2 Å². The first-order valence-electron chi connectivity index (χ1n) is 15.1. The van der Waals surface area contributed by atoms with Crippen molar-refractivity contribution in [3.05, 3.63) is 0 Å². The average Bonchev–Trinajstić information content (AvgIpc) is 2.91. The molecule has 4 fully saturated rings. The molecule has 2 saturated carbocycles. The molecule has 2 aliphatic carbocycles. The molecule has 0 aromatic carbocycles. The summed E-state index contributed by atoms with van der Waals surface area (Å²) in [6.07, 6.45) is 25.9. The van der Waals surface area contributed by atoms with Crippen LogP contribution in [0.4, 0.5) is 0 Å². The van der Waals surface area contributed by atoms with Crippen LogP contribution in [0.1, 0.15) is 116 Å². The Morgan fingerprint density at radius 1 is 0.588 bits per heavy atom. The molecular formula is C29H52N2S3. The minimum atomic E-state index is 0.760. The van der Waals surface area contributed by atoms with Crippen molar-refractivity contribution in [3.63, 3.8) is 0 Å². The van der Waals surface area contributed by atoms with Gasteiger partial charge in [-0.3, -0.25) is 0 Å². The van der Waals surface area contributed by atoms with Gasteiger partial charge < -0.3 is 10.6 Å². The molecule has 0 radical (unpaired) electrons. The third-order valence-electron chi connectivity index (χ3n) is 9.48. The quantitative estimate of drug-likeness (QED) is 0.281. The summed E-state index contributed by atoms with van der Waals surface area (Å²) in [5.41, 5.74) is 0. The highest BCUT2D eigenvalue weighted by Gasteiger charge is 2.30. The van der Waals surface area contributed by atoms with Crippen molar-refractivity contribution in [3.8, 4) is 0 Å². The maximum absolute atomic E-state index is 6.18. The van der Waals surface area contributed by atoms with Crippen molar-refractivity contribution in [2.75, 3.05) is 26.2 Å². The monoisotopic (exact) mass is 524 g/mol. The summed E-state index contributed by atoms with van der Waals surface area (Å²) in [7, 11) is 0. The number of thiocarbonyl (C=S) groups is 1. The summed E-state index contributed by atoms with van der Waals surface area (Å²) in [5.74, 6) is 3.73. The lowest BCUT2D eigenvalue weighted by atomic mass is 9.83. The van der Waals surface area contributed by atoms with Crippen molar-refractivity contribution in [1.82, 2.24) is 10.6 Å². The molecule has 2 nitrogen and oxygen atoms in total. The van der Waals surface area contributed by atoms with Crippen molar-refractivity contribution >= 4 is 39.3 Å². The standard InChI is InChI=1S/C29H52N2S3/c32-29(33-27(25-15-19-30-20-16-25)13-11-23-7-3-1-4-8-23)34-28(26-17-21-31-22-18-26)14-12-24-9-5-2-6-10-24/h23-28,30-31H,1-22H2. The lowest BCUT2D eigenvalue weighted by molar-refractivity contribution is 0.303. The van der Waals surface area contributed by atoms with Crippen LogP contribution in [0.2, 0.25) is 0 Å². The van der Waals surface area contributed by atoms with E-state index >= 15 is 0 Å². The number of thioether (sulfide) groups is 2. The average molecular weight is 525 g/mol. The molecule has 2 aliphatic heterocycles. The molecule has 34 heavy (non-hydrogen) atoms. The summed E-state index contributed by atoms with van der Waals surface area (Å²) >= 11 is 10.5. The first-order chi connectivity index (χ1) is 16.8. The Morgan fingerprint density at radius 2 is 0.971 bits per heavy atom. The SMILES string of the molecule is S=C(SC(CCC1CCCCC1)C1CCNCC1)SC(CCC1CCCCC1)C1CCNCC1. The van der Waals surface area contributed by atoms with Crippen LogP contribution in [0.15, 0.2) is 0 Å². The highest BCUT2D eigenvalue weighted by Crippen LogP contribution is 2.41. The second-order valence-electron chi connectivity index (χ2n) is 11.9. The van der Waals surface area contributed by atoms with E-state index in [1.54, 1.807) is 0 Å². The van der Waals surface area contributed by atoms with Gasteiger partial charge in [-0.25, -0.2) is 0 Å². The lowest BCUT2D eigenvalue weighted by Crippen LogP contribution is -2.34. The Bertz CT molecular complexity index is 514. The summed E-state index contributed by atoms with van der Waals surface area (Å²) in [6.45, 7) is 4.85. The fourth-order valence-corrected chi connectivity index (χ4v) is 10.9. The van der Waals surface area contributed by atoms with E-state index in [1.807, 2.05) is 0 Å². The Hall–Kier alpha value is 0.710. The molecule has 4 rings (SSSR count). The number of rotatable bonds is 10. The fourth-order valence-electron chi connectivity index (χ4n) is 7.24. The zero-order valence-corrected chi connectivity index (χ0v) is 24.2. The summed E-state index contributed by atoms with van der Waals surface area (Å²) in [6, 6.07) is 0. The van der Waals surface area contributed by atoms with E-state index in [-0.39, 0.29) is 0 Å². The predicted molar refractivity (Wildman–Crippen MR) is 158 cm³/mol. The van der Waals surface area contributed by atoms with E-state index in [2.05, 4.69) is 34.2 Å². The number of piperidine rings is 2. The van der Waals surface area contributed by atoms with Gasteiger partial charge >= 0.3 is 0 Å². The van der Waals surface area contributed by atoms with Gasteiger partial charge in [-0.05, 0) is 101 Å². The van der Waals surface area contributed by atoms with Crippen molar-refractivity contribution < 1.29 is 0 Å². The zero-order chi connectivity index (χ0) is 23.4. The second-order valence-corrected chi connectivity index (χ2v) is 15.6. The van der Waals surface area contributed by atoms with Crippen LogP contribution in [0.5, 0.6) is 0 Å². The molecule has 0 amide bonds. The van der Waals surface area contributed by atoms with Gasteiger partial charge in [0.1, 0.15) is 3.53 Å². The van der Waals surface area contributed by atoms with Crippen LogP contribution in [-0.2, 0) is 0 Å². The van der Waals surface area contributed by atoms with Crippen molar-refractivity contribution in [1.29, 1.82) is 0 Å². The van der Waals surface area contributed by atoms with Crippen LogP contribution in [0.3, 0.4) is 0 Å². The smallest absolute Gasteiger partial charge is 0.104 e. The lowest BCUT2D eigenvalue weighted by Gasteiger charge is -2.34. The van der Waals surface area contributed by atoms with E-state index in [0.717, 1.165) is 34.2 Å². The van der Waals surface area contributed by atoms with Crippen molar-refractivity contribution in [2.45, 2.75) is 126 Å². The molecule has 5 heteroatoms. The summed E-state index contributed by atoms with van der Waals surface area (Å²) in [4.78, 5) is 0. The normalized spacial score (nSPS) is 26.4. The van der Waals surface area contributed by atoms with Crippen molar-refractivity contribution in [2.24, 2.45) is 23.7 Å². The zero-order valence-electron chi connectivity index (χ0n) is 21.7. The highest BCUT2D eigenvalue weighted by atomic mass is 32.2. The highest BCUT2D eigenvalue weighted by molar-refractivity contribution is 8.47. The number of hydrogen-bond donors (Lipinski definition) is 2. The molecule has 196 valence electrons. The van der Waals surface area contributed by atoms with Gasteiger partial charge in [-0.15, -0.1) is 23.5 Å². The van der Waals surface area contributed by atoms with E-state index < -0.39 is 0 Å². The van der Waals surface area contributed by atoms with Gasteiger partial charge in [-0.2, -0.15) is 0 Å². The van der Waals surface area contributed by atoms with Crippen LogP contribution in [0.25, 0.3) is 0 Å². The van der Waals surface area contributed by atoms with Gasteiger partial charge in [-0.1, -0.05) is 76.4 Å². The maximum Gasteiger partial charge on any atom is 0.104 e. The Morgan fingerprint density at radius 3 is 1.35 bits per heavy atom. The van der Waals surface area contributed by atoms with E-state index in [0.29, 0.717) is 0 Å². The van der Waals surface area contributed by atoms with Gasteiger partial charge in [0.05, 0.1) is 0 Å². The molecule has 0 bridgehead atoms. The van der Waals surface area contributed by atoms with Crippen LogP contribution < -0.4 is 10.6 Å². The molecule has 0 aromatic heterocycles. The minimum Gasteiger partial charge on any atom is -0.317 e. The topological polar surface area (TPSA) is 24.1 Å². The van der Waals surface area contributed by atoms with Crippen LogP contribution in [-0.4, -0.2) is 40.2 Å². The second kappa shape index (κ2) is 15.8. The molecule has 2 atom stereocenters. The van der Waals surface area contributed by atoms with Gasteiger partial charge in [0.2, 0.25) is 0 Å². The molecule has 0 aromatic rings. The van der Waals surface area contributed by atoms with E-state index in [9.17, 15) is 0 Å². The number of nitrogens with one attached hydrogen (secondary N) is 2. The largest absolute Gasteiger partial charge is 0.317 e. The first-order valence-corrected chi connectivity index (χ1v) is 17.2. The van der Waals surface area contributed by atoms with Gasteiger partial charge in [0.15, 0.2) is 0 Å². The molecule has 0 spiro atoms. The van der Waals surface area contributed by atoms with Gasteiger partial charge in [0.25, 0.3) is 0 Å². The third-order valence-corrected chi connectivity index (χ3v) is 12.9. The Labute approximate surface area is 225 Å². The molecule has 2 saturated heterocycles. The minimum absolute atomic E-state index is 0.760. The molecule has 2 unspecified atom stereocenters. The Balaban J connectivity index is 1.31. The Kier molecular flexibility index (Phi) is 12.9. The summed E-state index contributed by atoms with van der Waals surface area (Å²) < 4.78 is 1.29. The fraction of sp³-hybridized carbons (Fsp3) is 0.966. The summed E-state index contributed by atoms with van der Waals surface area (Å²) in [5, 5.41) is 8.72. The third kappa shape index (κ3) is 9.54. The van der Waals surface area contributed by atoms with E-state index in [1.165, 1.54) is 145 Å². The van der Waals surface area contributed by atoms with Crippen LogP contribution >= 0.6 is 35.7 Å².